The Morgan fingerprint density at radius 2 is 1.92 bits per heavy atom. The molecule has 2 heterocycles. The van der Waals surface area contributed by atoms with E-state index in [0.717, 1.165) is 22.2 Å². The predicted molar refractivity (Wildman–Crippen MR) is 99.2 cm³/mol. The highest BCUT2D eigenvalue weighted by atomic mass is 16.2. The summed E-state index contributed by atoms with van der Waals surface area (Å²) in [4.78, 5) is 38.8. The first kappa shape index (κ1) is 16.1. The van der Waals surface area contributed by atoms with E-state index in [2.05, 4.69) is 15.6 Å². The summed E-state index contributed by atoms with van der Waals surface area (Å²) < 4.78 is 0. The summed E-state index contributed by atoms with van der Waals surface area (Å²) in [6.07, 6.45) is 0.349. The largest absolute Gasteiger partial charge is 0.344 e. The second-order valence-corrected chi connectivity index (χ2v) is 6.44. The van der Waals surface area contributed by atoms with Gasteiger partial charge < -0.3 is 15.6 Å². The van der Waals surface area contributed by atoms with Crippen LogP contribution in [0.1, 0.15) is 34.6 Å². The number of nitrogens with one attached hydrogen (secondary N) is 3. The SMILES string of the molecule is C[C@@H](NC(=O)c1cc2ccccc2c(=O)[nH]1)c1ccc2c(c1)CC(=O)N2. The lowest BCUT2D eigenvalue weighted by atomic mass is 10.0. The molecule has 0 spiro atoms. The third kappa shape index (κ3) is 2.86. The molecule has 1 atom stereocenters. The molecule has 1 aliphatic rings. The summed E-state index contributed by atoms with van der Waals surface area (Å²) in [7, 11) is 0. The molecule has 1 aromatic heterocycles. The highest BCUT2D eigenvalue weighted by Gasteiger charge is 2.20. The van der Waals surface area contributed by atoms with Crippen molar-refractivity contribution in [2.75, 3.05) is 5.32 Å². The fourth-order valence-corrected chi connectivity index (χ4v) is 3.21. The molecule has 0 aliphatic carbocycles. The van der Waals surface area contributed by atoms with Gasteiger partial charge in [-0.05, 0) is 41.6 Å². The van der Waals surface area contributed by atoms with Crippen LogP contribution in [0.2, 0.25) is 0 Å². The van der Waals surface area contributed by atoms with E-state index in [0.29, 0.717) is 11.8 Å². The first-order valence-electron chi connectivity index (χ1n) is 8.37. The molecule has 6 nitrogen and oxygen atoms in total. The van der Waals surface area contributed by atoms with Gasteiger partial charge in [0.15, 0.2) is 0 Å². The lowest BCUT2D eigenvalue weighted by Gasteiger charge is -2.15. The van der Waals surface area contributed by atoms with Gasteiger partial charge in [-0.2, -0.15) is 0 Å². The van der Waals surface area contributed by atoms with Crippen LogP contribution < -0.4 is 16.2 Å². The third-order valence-electron chi connectivity index (χ3n) is 4.60. The Morgan fingerprint density at radius 3 is 2.77 bits per heavy atom. The second-order valence-electron chi connectivity index (χ2n) is 6.44. The molecule has 0 fully saturated rings. The van der Waals surface area contributed by atoms with Crippen LogP contribution in [0.3, 0.4) is 0 Å². The maximum absolute atomic E-state index is 12.6. The van der Waals surface area contributed by atoms with Gasteiger partial charge in [0.1, 0.15) is 5.69 Å². The Labute approximate surface area is 149 Å². The Morgan fingerprint density at radius 1 is 1.12 bits per heavy atom. The van der Waals surface area contributed by atoms with Crippen molar-refractivity contribution < 1.29 is 9.59 Å². The number of hydrogen-bond acceptors (Lipinski definition) is 3. The number of aromatic amines is 1. The maximum atomic E-state index is 12.6. The molecule has 4 rings (SSSR count). The molecule has 0 saturated heterocycles. The molecular weight excluding hydrogens is 330 g/mol. The minimum absolute atomic E-state index is 0.0254. The van der Waals surface area contributed by atoms with Crippen LogP contribution in [0.25, 0.3) is 10.8 Å². The smallest absolute Gasteiger partial charge is 0.268 e. The zero-order chi connectivity index (χ0) is 18.3. The molecular formula is C20H17N3O3. The molecule has 130 valence electrons. The lowest BCUT2D eigenvalue weighted by molar-refractivity contribution is -0.115. The third-order valence-corrected chi connectivity index (χ3v) is 4.60. The maximum Gasteiger partial charge on any atom is 0.268 e. The normalized spacial score (nSPS) is 14.0. The number of aromatic nitrogens is 1. The number of carbonyl (C=O) groups is 2. The van der Waals surface area contributed by atoms with E-state index >= 15 is 0 Å². The van der Waals surface area contributed by atoms with Crippen LogP contribution in [0.5, 0.6) is 0 Å². The number of rotatable bonds is 3. The van der Waals surface area contributed by atoms with Crippen LogP contribution in [-0.2, 0) is 11.2 Å². The lowest BCUT2D eigenvalue weighted by Crippen LogP contribution is -2.29. The summed E-state index contributed by atoms with van der Waals surface area (Å²) >= 11 is 0. The van der Waals surface area contributed by atoms with E-state index in [-0.39, 0.29) is 29.1 Å². The minimum Gasteiger partial charge on any atom is -0.344 e. The van der Waals surface area contributed by atoms with Crippen molar-refractivity contribution in [3.05, 3.63) is 75.7 Å². The minimum atomic E-state index is -0.352. The summed E-state index contributed by atoms with van der Waals surface area (Å²) in [5, 5.41) is 6.95. The van der Waals surface area contributed by atoms with Gasteiger partial charge in [0.25, 0.3) is 11.5 Å². The molecule has 3 aromatic rings. The number of pyridine rings is 1. The molecule has 0 unspecified atom stereocenters. The van der Waals surface area contributed by atoms with E-state index < -0.39 is 0 Å². The van der Waals surface area contributed by atoms with Gasteiger partial charge in [0.2, 0.25) is 5.91 Å². The van der Waals surface area contributed by atoms with Crippen LogP contribution in [0, 0.1) is 0 Å². The summed E-state index contributed by atoms with van der Waals surface area (Å²) in [5.74, 6) is -0.377. The number of anilines is 1. The van der Waals surface area contributed by atoms with Crippen molar-refractivity contribution in [2.24, 2.45) is 0 Å². The zero-order valence-electron chi connectivity index (χ0n) is 14.1. The van der Waals surface area contributed by atoms with Crippen molar-refractivity contribution in [3.8, 4) is 0 Å². The van der Waals surface area contributed by atoms with Crippen LogP contribution in [0.15, 0.2) is 53.3 Å². The molecule has 1 aliphatic heterocycles. The number of fused-ring (bicyclic) bond motifs is 2. The fraction of sp³-hybridized carbons (Fsp3) is 0.150. The van der Waals surface area contributed by atoms with Crippen molar-refractivity contribution in [1.29, 1.82) is 0 Å². The first-order valence-corrected chi connectivity index (χ1v) is 8.37. The second kappa shape index (κ2) is 6.15. The summed E-state index contributed by atoms with van der Waals surface area (Å²) in [6.45, 7) is 1.86. The Hall–Kier alpha value is -3.41. The van der Waals surface area contributed by atoms with Crippen molar-refractivity contribution in [3.63, 3.8) is 0 Å². The van der Waals surface area contributed by atoms with Crippen LogP contribution >= 0.6 is 0 Å². The molecule has 3 N–H and O–H groups in total. The average molecular weight is 347 g/mol. The Balaban J connectivity index is 1.57. The van der Waals surface area contributed by atoms with Crippen LogP contribution in [-0.4, -0.2) is 16.8 Å². The van der Waals surface area contributed by atoms with E-state index in [9.17, 15) is 14.4 Å². The van der Waals surface area contributed by atoms with Gasteiger partial charge in [-0.1, -0.05) is 30.3 Å². The van der Waals surface area contributed by atoms with Gasteiger partial charge in [0, 0.05) is 11.1 Å². The van der Waals surface area contributed by atoms with Crippen LogP contribution in [0.4, 0.5) is 5.69 Å². The molecule has 2 amide bonds. The molecule has 2 aromatic carbocycles. The van der Waals surface area contributed by atoms with Gasteiger partial charge in [-0.25, -0.2) is 0 Å². The molecule has 0 bridgehead atoms. The highest BCUT2D eigenvalue weighted by molar-refractivity contribution is 5.99. The number of amides is 2. The Bertz CT molecular complexity index is 1100. The topological polar surface area (TPSA) is 91.1 Å². The van der Waals surface area contributed by atoms with E-state index in [4.69, 9.17) is 0 Å². The molecule has 0 radical (unpaired) electrons. The molecule has 0 saturated carbocycles. The van der Waals surface area contributed by atoms with Crippen molar-refractivity contribution >= 4 is 28.3 Å². The molecule has 6 heteroatoms. The number of hydrogen-bond donors (Lipinski definition) is 3. The van der Waals surface area contributed by atoms with Gasteiger partial charge in [-0.15, -0.1) is 0 Å². The zero-order valence-corrected chi connectivity index (χ0v) is 14.1. The average Bonchev–Trinajstić information content (AvgIpc) is 3.00. The highest BCUT2D eigenvalue weighted by Crippen LogP contribution is 2.26. The van der Waals surface area contributed by atoms with E-state index in [1.807, 2.05) is 31.2 Å². The number of H-pyrrole nitrogens is 1. The quantitative estimate of drug-likeness (QED) is 0.680. The Kier molecular flexibility index (Phi) is 3.80. The molecule has 26 heavy (non-hydrogen) atoms. The fourth-order valence-electron chi connectivity index (χ4n) is 3.21. The first-order chi connectivity index (χ1) is 12.5. The monoisotopic (exact) mass is 347 g/mol. The summed E-state index contributed by atoms with van der Waals surface area (Å²) in [6, 6.07) is 14.2. The number of carbonyl (C=O) groups excluding carboxylic acids is 2. The predicted octanol–water partition coefficient (Wildman–Crippen LogP) is 2.51. The van der Waals surface area contributed by atoms with Crippen molar-refractivity contribution in [2.45, 2.75) is 19.4 Å². The van der Waals surface area contributed by atoms with Gasteiger partial charge in [-0.3, -0.25) is 14.4 Å². The van der Waals surface area contributed by atoms with Crippen molar-refractivity contribution in [1.82, 2.24) is 10.3 Å². The van der Waals surface area contributed by atoms with Gasteiger partial charge in [0.05, 0.1) is 12.5 Å². The van der Waals surface area contributed by atoms with E-state index in [1.54, 1.807) is 24.3 Å². The van der Waals surface area contributed by atoms with E-state index in [1.165, 1.54) is 0 Å². The number of benzene rings is 2. The summed E-state index contributed by atoms with van der Waals surface area (Å²) in [5.41, 5.74) is 2.57. The van der Waals surface area contributed by atoms with Gasteiger partial charge >= 0.3 is 0 Å². The standard InChI is InChI=1S/C20H17N3O3/c1-11(12-6-7-16-14(8-12)10-18(24)22-16)21-20(26)17-9-13-4-2-3-5-15(13)19(25)23-17/h2-9,11H,10H2,1H3,(H,21,26)(H,22,24)(H,23,25)/t11-/m1/s1.